The first-order valence-corrected chi connectivity index (χ1v) is 7.81. The van der Waals surface area contributed by atoms with E-state index in [1.807, 2.05) is 6.20 Å². The summed E-state index contributed by atoms with van der Waals surface area (Å²) >= 11 is 1.75. The monoisotopic (exact) mass is 266 g/mol. The van der Waals surface area contributed by atoms with Crippen molar-refractivity contribution in [1.29, 1.82) is 0 Å². The summed E-state index contributed by atoms with van der Waals surface area (Å²) in [6.07, 6.45) is 3.24. The van der Waals surface area contributed by atoms with Gasteiger partial charge in [0.15, 0.2) is 5.13 Å². The van der Waals surface area contributed by atoms with Gasteiger partial charge in [0, 0.05) is 50.3 Å². The van der Waals surface area contributed by atoms with Crippen LogP contribution in [0.25, 0.3) is 0 Å². The SMILES string of the molecule is CC1CCNC1CN1CCN(c2nccs2)CC1. The van der Waals surface area contributed by atoms with Gasteiger partial charge in [-0.15, -0.1) is 11.3 Å². The number of nitrogens with one attached hydrogen (secondary N) is 1. The van der Waals surface area contributed by atoms with Gasteiger partial charge in [-0.05, 0) is 18.9 Å². The number of aromatic nitrogens is 1. The van der Waals surface area contributed by atoms with Crippen LogP contribution in [0, 0.1) is 5.92 Å². The van der Waals surface area contributed by atoms with Crippen LogP contribution in [0.4, 0.5) is 5.13 Å². The summed E-state index contributed by atoms with van der Waals surface area (Å²) in [5.74, 6) is 0.835. The van der Waals surface area contributed by atoms with E-state index in [-0.39, 0.29) is 0 Å². The van der Waals surface area contributed by atoms with Crippen LogP contribution in [0.2, 0.25) is 0 Å². The Labute approximate surface area is 113 Å². The van der Waals surface area contributed by atoms with Crippen molar-refractivity contribution >= 4 is 16.5 Å². The lowest BCUT2D eigenvalue weighted by Crippen LogP contribution is -2.50. The van der Waals surface area contributed by atoms with Gasteiger partial charge in [-0.25, -0.2) is 4.98 Å². The molecular formula is C13H22N4S. The van der Waals surface area contributed by atoms with Gasteiger partial charge >= 0.3 is 0 Å². The molecule has 3 heterocycles. The Morgan fingerprint density at radius 2 is 2.22 bits per heavy atom. The van der Waals surface area contributed by atoms with E-state index in [0.717, 1.165) is 19.0 Å². The summed E-state index contributed by atoms with van der Waals surface area (Å²) in [5.41, 5.74) is 0. The normalized spacial score (nSPS) is 29.9. The quantitative estimate of drug-likeness (QED) is 0.892. The van der Waals surface area contributed by atoms with Gasteiger partial charge in [0.25, 0.3) is 0 Å². The average Bonchev–Trinajstić information content (AvgIpc) is 3.03. The zero-order valence-corrected chi connectivity index (χ0v) is 11.8. The maximum Gasteiger partial charge on any atom is 0.185 e. The highest BCUT2D eigenvalue weighted by atomic mass is 32.1. The number of hydrogen-bond acceptors (Lipinski definition) is 5. The molecule has 2 aliphatic heterocycles. The van der Waals surface area contributed by atoms with Crippen LogP contribution in [0.1, 0.15) is 13.3 Å². The predicted molar refractivity (Wildman–Crippen MR) is 76.3 cm³/mol. The second-order valence-electron chi connectivity index (χ2n) is 5.43. The van der Waals surface area contributed by atoms with Crippen LogP contribution >= 0.6 is 11.3 Å². The Hall–Kier alpha value is -0.650. The van der Waals surface area contributed by atoms with Crippen molar-refractivity contribution in [3.05, 3.63) is 11.6 Å². The molecule has 1 N–H and O–H groups in total. The molecule has 2 unspecified atom stereocenters. The molecule has 1 aromatic heterocycles. The van der Waals surface area contributed by atoms with Crippen molar-refractivity contribution in [1.82, 2.24) is 15.2 Å². The molecule has 2 atom stereocenters. The largest absolute Gasteiger partial charge is 0.346 e. The number of thiazole rings is 1. The molecule has 2 aliphatic rings. The molecule has 18 heavy (non-hydrogen) atoms. The zero-order chi connectivity index (χ0) is 12.4. The van der Waals surface area contributed by atoms with Crippen molar-refractivity contribution < 1.29 is 0 Å². The molecule has 0 aliphatic carbocycles. The second kappa shape index (κ2) is 5.55. The molecule has 0 aromatic carbocycles. The fourth-order valence-corrected chi connectivity index (χ4v) is 3.61. The molecule has 2 fully saturated rings. The molecule has 2 saturated heterocycles. The van der Waals surface area contributed by atoms with Crippen molar-refractivity contribution in [2.24, 2.45) is 5.92 Å². The van der Waals surface area contributed by atoms with Crippen LogP contribution < -0.4 is 10.2 Å². The van der Waals surface area contributed by atoms with Crippen molar-refractivity contribution in [3.8, 4) is 0 Å². The van der Waals surface area contributed by atoms with Crippen molar-refractivity contribution in [2.75, 3.05) is 44.2 Å². The Bertz CT molecular complexity index is 359. The fourth-order valence-electron chi connectivity index (χ4n) is 2.92. The topological polar surface area (TPSA) is 31.4 Å². The summed E-state index contributed by atoms with van der Waals surface area (Å²) in [6.45, 7) is 9.37. The van der Waals surface area contributed by atoms with E-state index in [1.54, 1.807) is 11.3 Å². The molecule has 3 rings (SSSR count). The summed E-state index contributed by atoms with van der Waals surface area (Å²) in [5, 5.41) is 6.87. The first-order chi connectivity index (χ1) is 8.83. The summed E-state index contributed by atoms with van der Waals surface area (Å²) < 4.78 is 0. The molecule has 0 radical (unpaired) electrons. The van der Waals surface area contributed by atoms with E-state index < -0.39 is 0 Å². The Balaban J connectivity index is 1.48. The minimum Gasteiger partial charge on any atom is -0.346 e. The van der Waals surface area contributed by atoms with Gasteiger partial charge in [0.05, 0.1) is 0 Å². The van der Waals surface area contributed by atoms with Gasteiger partial charge in [0.1, 0.15) is 0 Å². The average molecular weight is 266 g/mol. The molecule has 0 spiro atoms. The van der Waals surface area contributed by atoms with Crippen LogP contribution in [0.3, 0.4) is 0 Å². The highest BCUT2D eigenvalue weighted by Gasteiger charge is 2.26. The van der Waals surface area contributed by atoms with E-state index in [4.69, 9.17) is 0 Å². The number of rotatable bonds is 3. The van der Waals surface area contributed by atoms with Gasteiger partial charge in [0.2, 0.25) is 0 Å². The minimum atomic E-state index is 0.705. The third-order valence-electron chi connectivity index (χ3n) is 4.21. The van der Waals surface area contributed by atoms with Crippen LogP contribution in [-0.4, -0.2) is 55.2 Å². The highest BCUT2D eigenvalue weighted by Crippen LogP contribution is 2.20. The lowest BCUT2D eigenvalue weighted by atomic mass is 10.0. The number of hydrogen-bond donors (Lipinski definition) is 1. The first kappa shape index (κ1) is 12.4. The lowest BCUT2D eigenvalue weighted by Gasteiger charge is -2.36. The maximum absolute atomic E-state index is 4.39. The minimum absolute atomic E-state index is 0.705. The fraction of sp³-hybridized carbons (Fsp3) is 0.769. The molecule has 0 saturated carbocycles. The van der Waals surface area contributed by atoms with E-state index >= 15 is 0 Å². The van der Waals surface area contributed by atoms with Gasteiger partial charge in [-0.1, -0.05) is 6.92 Å². The summed E-state index contributed by atoms with van der Waals surface area (Å²) in [7, 11) is 0. The third kappa shape index (κ3) is 2.68. The molecule has 5 heteroatoms. The van der Waals surface area contributed by atoms with E-state index in [2.05, 4.69) is 32.4 Å². The molecular weight excluding hydrogens is 244 g/mol. The Morgan fingerprint density at radius 1 is 1.39 bits per heavy atom. The molecule has 0 amide bonds. The third-order valence-corrected chi connectivity index (χ3v) is 5.04. The van der Waals surface area contributed by atoms with Crippen molar-refractivity contribution in [2.45, 2.75) is 19.4 Å². The molecule has 0 bridgehead atoms. The second-order valence-corrected chi connectivity index (χ2v) is 6.30. The number of anilines is 1. The standard InChI is InChI=1S/C13H22N4S/c1-11-2-3-14-12(11)10-16-5-7-17(8-6-16)13-15-4-9-18-13/h4,9,11-12,14H,2-3,5-8,10H2,1H3. The van der Waals surface area contributed by atoms with Crippen molar-refractivity contribution in [3.63, 3.8) is 0 Å². The van der Waals surface area contributed by atoms with Crippen LogP contribution in [0.5, 0.6) is 0 Å². The predicted octanol–water partition coefficient (Wildman–Crippen LogP) is 1.26. The van der Waals surface area contributed by atoms with E-state index in [0.29, 0.717) is 6.04 Å². The molecule has 4 nitrogen and oxygen atoms in total. The van der Waals surface area contributed by atoms with E-state index in [1.165, 1.54) is 37.7 Å². The Kier molecular flexibility index (Phi) is 3.82. The summed E-state index contributed by atoms with van der Waals surface area (Å²) in [4.78, 5) is 9.40. The van der Waals surface area contributed by atoms with Gasteiger partial charge in [-0.2, -0.15) is 0 Å². The molecule has 100 valence electrons. The van der Waals surface area contributed by atoms with Crippen LogP contribution in [-0.2, 0) is 0 Å². The number of piperazine rings is 1. The zero-order valence-electron chi connectivity index (χ0n) is 11.0. The highest BCUT2D eigenvalue weighted by molar-refractivity contribution is 7.13. The first-order valence-electron chi connectivity index (χ1n) is 6.93. The smallest absolute Gasteiger partial charge is 0.185 e. The Morgan fingerprint density at radius 3 is 2.83 bits per heavy atom. The maximum atomic E-state index is 4.39. The lowest BCUT2D eigenvalue weighted by molar-refractivity contribution is 0.222. The van der Waals surface area contributed by atoms with Gasteiger partial charge < -0.3 is 10.2 Å². The summed E-state index contributed by atoms with van der Waals surface area (Å²) in [6, 6.07) is 0.705. The van der Waals surface area contributed by atoms with Crippen LogP contribution in [0.15, 0.2) is 11.6 Å². The van der Waals surface area contributed by atoms with Gasteiger partial charge in [-0.3, -0.25) is 4.90 Å². The number of nitrogens with zero attached hydrogens (tertiary/aromatic N) is 3. The van der Waals surface area contributed by atoms with E-state index in [9.17, 15) is 0 Å². The molecule has 1 aromatic rings.